The Morgan fingerprint density at radius 1 is 1.24 bits per heavy atom. The summed E-state index contributed by atoms with van der Waals surface area (Å²) < 4.78 is 5.83. The minimum Gasteiger partial charge on any atom is -0.378 e. The van der Waals surface area contributed by atoms with Gasteiger partial charge in [0.25, 0.3) is 0 Å². The highest BCUT2D eigenvalue weighted by Crippen LogP contribution is 2.49. The first kappa shape index (κ1) is 11.9. The van der Waals surface area contributed by atoms with Gasteiger partial charge in [-0.25, -0.2) is 0 Å². The Morgan fingerprint density at radius 3 is 2.59 bits per heavy atom. The van der Waals surface area contributed by atoms with E-state index >= 15 is 0 Å². The summed E-state index contributed by atoms with van der Waals surface area (Å²) in [5, 5.41) is 0. The van der Waals surface area contributed by atoms with Gasteiger partial charge in [-0.1, -0.05) is 0 Å². The lowest BCUT2D eigenvalue weighted by Gasteiger charge is -2.45. The van der Waals surface area contributed by atoms with Gasteiger partial charge in [-0.15, -0.1) is 0 Å². The first-order valence-electron chi connectivity index (χ1n) is 7.12. The zero-order valence-electron chi connectivity index (χ0n) is 11.5. The van der Waals surface area contributed by atoms with Gasteiger partial charge in [0, 0.05) is 43.6 Å². The molecule has 1 saturated carbocycles. The Bertz CT molecular complexity index is 288. The predicted molar refractivity (Wildman–Crippen MR) is 69.1 cm³/mol. The second kappa shape index (κ2) is 4.22. The van der Waals surface area contributed by atoms with Crippen LogP contribution in [0.1, 0.15) is 26.7 Å². The molecule has 3 rings (SSSR count). The zero-order valence-corrected chi connectivity index (χ0v) is 11.5. The minimum atomic E-state index is 0.384. The summed E-state index contributed by atoms with van der Waals surface area (Å²) in [5.74, 6) is 0.960. The van der Waals surface area contributed by atoms with Crippen LogP contribution in [0.2, 0.25) is 0 Å². The van der Waals surface area contributed by atoms with Crippen molar-refractivity contribution in [1.29, 1.82) is 0 Å². The smallest absolute Gasteiger partial charge is 0.0538 e. The van der Waals surface area contributed by atoms with Crippen LogP contribution in [0.15, 0.2) is 0 Å². The second-order valence-corrected chi connectivity index (χ2v) is 6.84. The third-order valence-electron chi connectivity index (χ3n) is 4.75. The molecule has 0 aromatic heterocycles. The van der Waals surface area contributed by atoms with Crippen LogP contribution in [0.25, 0.3) is 0 Å². The Labute approximate surface area is 105 Å². The van der Waals surface area contributed by atoms with Gasteiger partial charge in [-0.05, 0) is 33.7 Å². The lowest BCUT2D eigenvalue weighted by atomic mass is 9.90. The maximum atomic E-state index is 5.83. The van der Waals surface area contributed by atoms with E-state index < -0.39 is 0 Å². The summed E-state index contributed by atoms with van der Waals surface area (Å²) in [6.45, 7) is 10.5. The molecule has 2 aliphatic heterocycles. The molecule has 0 aromatic rings. The van der Waals surface area contributed by atoms with E-state index in [4.69, 9.17) is 4.74 Å². The van der Waals surface area contributed by atoms with Crippen molar-refractivity contribution in [3.8, 4) is 0 Å². The van der Waals surface area contributed by atoms with Gasteiger partial charge < -0.3 is 9.64 Å². The molecule has 2 heterocycles. The topological polar surface area (TPSA) is 15.7 Å². The fourth-order valence-electron chi connectivity index (χ4n) is 3.44. The van der Waals surface area contributed by atoms with E-state index in [0.29, 0.717) is 11.5 Å². The maximum absolute atomic E-state index is 5.83. The molecule has 3 heteroatoms. The Hall–Kier alpha value is -0.120. The highest BCUT2D eigenvalue weighted by molar-refractivity contribution is 5.04. The van der Waals surface area contributed by atoms with E-state index in [9.17, 15) is 0 Å². The van der Waals surface area contributed by atoms with Gasteiger partial charge in [0.2, 0.25) is 0 Å². The number of ether oxygens (including phenoxy) is 1. The van der Waals surface area contributed by atoms with Crippen molar-refractivity contribution in [3.05, 3.63) is 0 Å². The van der Waals surface area contributed by atoms with Gasteiger partial charge >= 0.3 is 0 Å². The first-order chi connectivity index (χ1) is 8.08. The predicted octanol–water partition coefficient (Wildman–Crippen LogP) is 1.44. The lowest BCUT2D eigenvalue weighted by Crippen LogP contribution is -2.57. The highest BCUT2D eigenvalue weighted by atomic mass is 16.5. The van der Waals surface area contributed by atoms with E-state index in [0.717, 1.165) is 18.6 Å². The van der Waals surface area contributed by atoms with Crippen LogP contribution in [0.4, 0.5) is 0 Å². The number of nitrogens with zero attached hydrogens (tertiary/aromatic N) is 2. The maximum Gasteiger partial charge on any atom is 0.0538 e. The number of hydrogen-bond donors (Lipinski definition) is 0. The van der Waals surface area contributed by atoms with Crippen molar-refractivity contribution in [3.63, 3.8) is 0 Å². The zero-order chi connectivity index (χ0) is 12.0. The first-order valence-corrected chi connectivity index (χ1v) is 7.12. The molecule has 0 amide bonds. The van der Waals surface area contributed by atoms with E-state index in [2.05, 4.69) is 30.7 Å². The van der Waals surface area contributed by atoms with Crippen LogP contribution in [-0.4, -0.2) is 61.8 Å². The van der Waals surface area contributed by atoms with E-state index in [1.807, 2.05) is 0 Å². The molecule has 0 aromatic carbocycles. The molecular weight excluding hydrogens is 212 g/mol. The second-order valence-electron chi connectivity index (χ2n) is 6.84. The fraction of sp³-hybridized carbons (Fsp3) is 1.00. The van der Waals surface area contributed by atoms with Crippen LogP contribution < -0.4 is 0 Å². The molecule has 0 bridgehead atoms. The Balaban J connectivity index is 1.48. The standard InChI is InChI=1S/C14H26N2O/c1-11(2)17-10-14(4-5-14)9-16-7-12-6-15(3)8-13(12)16/h11-13H,4-10H2,1-3H3. The Morgan fingerprint density at radius 2 is 2.00 bits per heavy atom. The van der Waals surface area contributed by atoms with Gasteiger partial charge in [0.05, 0.1) is 12.7 Å². The molecule has 2 atom stereocenters. The number of likely N-dealkylation sites (N-methyl/N-ethyl adjacent to an activating group) is 1. The third-order valence-corrected chi connectivity index (χ3v) is 4.75. The van der Waals surface area contributed by atoms with Gasteiger partial charge in [0.1, 0.15) is 0 Å². The lowest BCUT2D eigenvalue weighted by molar-refractivity contribution is -0.00977. The monoisotopic (exact) mass is 238 g/mol. The molecule has 3 nitrogen and oxygen atoms in total. The molecule has 1 aliphatic carbocycles. The van der Waals surface area contributed by atoms with Crippen LogP contribution in [-0.2, 0) is 4.74 Å². The number of fused-ring (bicyclic) bond motifs is 1. The summed E-state index contributed by atoms with van der Waals surface area (Å²) >= 11 is 0. The summed E-state index contributed by atoms with van der Waals surface area (Å²) in [6, 6.07) is 0.858. The summed E-state index contributed by atoms with van der Waals surface area (Å²) in [6.07, 6.45) is 3.14. The molecule has 2 saturated heterocycles. The molecule has 0 N–H and O–H groups in total. The van der Waals surface area contributed by atoms with Crippen molar-refractivity contribution in [2.75, 3.05) is 39.8 Å². The van der Waals surface area contributed by atoms with Gasteiger partial charge in [0.15, 0.2) is 0 Å². The van der Waals surface area contributed by atoms with Crippen LogP contribution in [0.3, 0.4) is 0 Å². The van der Waals surface area contributed by atoms with Crippen LogP contribution in [0, 0.1) is 11.3 Å². The van der Waals surface area contributed by atoms with Gasteiger partial charge in [-0.2, -0.15) is 0 Å². The largest absolute Gasteiger partial charge is 0.378 e. The molecule has 0 radical (unpaired) electrons. The Kier molecular flexibility index (Phi) is 2.96. The van der Waals surface area contributed by atoms with E-state index in [1.54, 1.807) is 0 Å². The van der Waals surface area contributed by atoms with E-state index in [1.165, 1.54) is 39.0 Å². The van der Waals surface area contributed by atoms with Crippen molar-refractivity contribution in [1.82, 2.24) is 9.80 Å². The third kappa shape index (κ3) is 2.38. The van der Waals surface area contributed by atoms with Crippen LogP contribution >= 0.6 is 0 Å². The average molecular weight is 238 g/mol. The summed E-state index contributed by atoms with van der Waals surface area (Å²) in [7, 11) is 2.26. The number of likely N-dealkylation sites (tertiary alicyclic amines) is 2. The minimum absolute atomic E-state index is 0.384. The number of hydrogen-bond acceptors (Lipinski definition) is 3. The molecule has 3 aliphatic rings. The SMILES string of the molecule is CC(C)OCC1(CN2CC3CN(C)CC32)CC1. The molecule has 3 fully saturated rings. The van der Waals surface area contributed by atoms with Gasteiger partial charge in [-0.3, -0.25) is 4.90 Å². The van der Waals surface area contributed by atoms with Crippen molar-refractivity contribution < 1.29 is 4.74 Å². The van der Waals surface area contributed by atoms with E-state index in [-0.39, 0.29) is 0 Å². The molecule has 98 valence electrons. The van der Waals surface area contributed by atoms with Crippen LogP contribution in [0.5, 0.6) is 0 Å². The normalized spacial score (nSPS) is 36.0. The fourth-order valence-corrected chi connectivity index (χ4v) is 3.44. The molecule has 0 spiro atoms. The quantitative estimate of drug-likeness (QED) is 0.721. The average Bonchev–Trinajstić information content (AvgIpc) is 2.96. The van der Waals surface area contributed by atoms with Crippen molar-refractivity contribution in [2.45, 2.75) is 38.8 Å². The molecular formula is C14H26N2O. The van der Waals surface area contributed by atoms with Crippen molar-refractivity contribution >= 4 is 0 Å². The molecule has 17 heavy (non-hydrogen) atoms. The van der Waals surface area contributed by atoms with Crippen molar-refractivity contribution in [2.24, 2.45) is 11.3 Å². The summed E-state index contributed by atoms with van der Waals surface area (Å²) in [4.78, 5) is 5.20. The summed E-state index contributed by atoms with van der Waals surface area (Å²) in [5.41, 5.74) is 0.524. The highest BCUT2D eigenvalue weighted by Gasteiger charge is 2.51. The molecule has 2 unspecified atom stereocenters. The number of rotatable bonds is 5.